The van der Waals surface area contributed by atoms with E-state index in [1.54, 1.807) is 0 Å². The van der Waals surface area contributed by atoms with Crippen LogP contribution < -0.4 is 4.74 Å². The maximum atomic E-state index is 11.5. The van der Waals surface area contributed by atoms with Crippen LogP contribution in [0.3, 0.4) is 0 Å². The van der Waals surface area contributed by atoms with Gasteiger partial charge in [0.25, 0.3) is 0 Å². The van der Waals surface area contributed by atoms with Gasteiger partial charge in [-0.3, -0.25) is 9.59 Å². The number of hydrogen-bond donors (Lipinski definition) is 1. The molecule has 0 spiro atoms. The van der Waals surface area contributed by atoms with Gasteiger partial charge in [-0.15, -0.1) is 0 Å². The van der Waals surface area contributed by atoms with E-state index in [2.05, 4.69) is 4.74 Å². The maximum absolute atomic E-state index is 11.5. The van der Waals surface area contributed by atoms with E-state index in [9.17, 15) is 14.7 Å². The molecule has 16 heavy (non-hydrogen) atoms. The minimum Gasteiger partial charge on any atom is -0.504 e. The molecule has 0 heterocycles. The average Bonchev–Trinajstić information content (AvgIpc) is 2.28. The fourth-order valence-electron chi connectivity index (χ4n) is 1.17. The molecule has 1 N–H and O–H groups in total. The second-order valence-electron chi connectivity index (χ2n) is 3.06. The largest absolute Gasteiger partial charge is 0.504 e. The summed E-state index contributed by atoms with van der Waals surface area (Å²) in [5, 5.41) is 9.44. The summed E-state index contributed by atoms with van der Waals surface area (Å²) in [6, 6.07) is 4.19. The molecule has 0 bridgehead atoms. The molecule has 0 aliphatic rings. The Morgan fingerprint density at radius 1 is 1.31 bits per heavy atom. The van der Waals surface area contributed by atoms with Crippen molar-refractivity contribution in [3.63, 3.8) is 0 Å². The van der Waals surface area contributed by atoms with E-state index in [4.69, 9.17) is 4.74 Å². The van der Waals surface area contributed by atoms with Gasteiger partial charge in [0.15, 0.2) is 17.3 Å². The number of aromatic hydroxyl groups is 1. The Kier molecular flexibility index (Phi) is 3.88. The zero-order valence-electron chi connectivity index (χ0n) is 9.02. The monoisotopic (exact) mass is 224 g/mol. The van der Waals surface area contributed by atoms with Gasteiger partial charge in [0.05, 0.1) is 14.2 Å². The fraction of sp³-hybridized carbons (Fsp3) is 0.273. The molecule has 0 aliphatic heterocycles. The number of ether oxygens (including phenoxy) is 2. The predicted octanol–water partition coefficient (Wildman–Crippen LogP) is 1.15. The van der Waals surface area contributed by atoms with Crippen molar-refractivity contribution in [1.29, 1.82) is 0 Å². The van der Waals surface area contributed by atoms with Gasteiger partial charge in [-0.25, -0.2) is 0 Å². The van der Waals surface area contributed by atoms with E-state index < -0.39 is 11.8 Å². The highest BCUT2D eigenvalue weighted by Gasteiger charge is 2.13. The summed E-state index contributed by atoms with van der Waals surface area (Å²) < 4.78 is 9.20. The van der Waals surface area contributed by atoms with Crippen molar-refractivity contribution in [3.8, 4) is 11.5 Å². The van der Waals surface area contributed by atoms with Gasteiger partial charge < -0.3 is 14.6 Å². The van der Waals surface area contributed by atoms with Gasteiger partial charge in [0, 0.05) is 5.56 Å². The highest BCUT2D eigenvalue weighted by atomic mass is 16.5. The van der Waals surface area contributed by atoms with Crippen LogP contribution in [0.4, 0.5) is 0 Å². The minimum atomic E-state index is -0.611. The number of esters is 1. The van der Waals surface area contributed by atoms with Crippen molar-refractivity contribution in [2.24, 2.45) is 0 Å². The Morgan fingerprint density at radius 3 is 2.50 bits per heavy atom. The van der Waals surface area contributed by atoms with Crippen LogP contribution in [-0.4, -0.2) is 31.1 Å². The number of ketones is 1. The van der Waals surface area contributed by atoms with Crippen molar-refractivity contribution < 1.29 is 24.2 Å². The third-order valence-corrected chi connectivity index (χ3v) is 2.03. The molecule has 1 aromatic carbocycles. The topological polar surface area (TPSA) is 72.8 Å². The molecule has 0 atom stereocenters. The van der Waals surface area contributed by atoms with Crippen LogP contribution in [-0.2, 0) is 9.53 Å². The number of hydrogen-bond acceptors (Lipinski definition) is 5. The number of phenolic OH excluding ortho intramolecular Hbond substituents is 1. The SMILES string of the molecule is COC(=O)CC(=O)c1ccc(OC)c(O)c1. The second-order valence-corrected chi connectivity index (χ2v) is 3.06. The Labute approximate surface area is 92.6 Å². The zero-order valence-corrected chi connectivity index (χ0v) is 9.02. The molecule has 86 valence electrons. The molecule has 0 saturated heterocycles. The lowest BCUT2D eigenvalue weighted by Crippen LogP contribution is -2.09. The first-order valence-corrected chi connectivity index (χ1v) is 4.55. The standard InChI is InChI=1S/C11H12O5/c1-15-10-4-3-7(5-9(10)13)8(12)6-11(14)16-2/h3-5,13H,6H2,1-2H3. The first kappa shape index (κ1) is 12.0. The van der Waals surface area contributed by atoms with Gasteiger partial charge in [0.2, 0.25) is 0 Å². The number of Topliss-reactive ketones (excluding diaryl/α,β-unsaturated/α-hetero) is 1. The third kappa shape index (κ3) is 2.73. The predicted molar refractivity (Wildman–Crippen MR) is 55.6 cm³/mol. The van der Waals surface area contributed by atoms with Crippen molar-refractivity contribution in [2.45, 2.75) is 6.42 Å². The zero-order chi connectivity index (χ0) is 12.1. The first-order chi connectivity index (χ1) is 7.58. The van der Waals surface area contributed by atoms with E-state index in [1.807, 2.05) is 0 Å². The van der Waals surface area contributed by atoms with Gasteiger partial charge in [0.1, 0.15) is 6.42 Å². The van der Waals surface area contributed by atoms with E-state index in [1.165, 1.54) is 32.4 Å². The van der Waals surface area contributed by atoms with Crippen LogP contribution in [0.5, 0.6) is 11.5 Å². The van der Waals surface area contributed by atoms with Crippen LogP contribution >= 0.6 is 0 Å². The summed E-state index contributed by atoms with van der Waals surface area (Å²) in [4.78, 5) is 22.4. The molecule has 1 rings (SSSR count). The van der Waals surface area contributed by atoms with Crippen LogP contribution in [0, 0.1) is 0 Å². The summed E-state index contributed by atoms with van der Waals surface area (Å²) in [5.41, 5.74) is 0.240. The first-order valence-electron chi connectivity index (χ1n) is 4.55. The molecule has 0 radical (unpaired) electrons. The smallest absolute Gasteiger partial charge is 0.313 e. The number of rotatable bonds is 4. The number of carbonyl (C=O) groups is 2. The van der Waals surface area contributed by atoms with E-state index in [-0.39, 0.29) is 23.5 Å². The maximum Gasteiger partial charge on any atom is 0.313 e. The Balaban J connectivity index is 2.85. The van der Waals surface area contributed by atoms with Crippen molar-refractivity contribution in [3.05, 3.63) is 23.8 Å². The minimum absolute atomic E-state index is 0.141. The summed E-state index contributed by atoms with van der Waals surface area (Å²) in [7, 11) is 2.62. The van der Waals surface area contributed by atoms with E-state index in [0.29, 0.717) is 0 Å². The molecular formula is C11H12O5. The van der Waals surface area contributed by atoms with Crippen LogP contribution in [0.15, 0.2) is 18.2 Å². The van der Waals surface area contributed by atoms with Gasteiger partial charge in [-0.05, 0) is 18.2 Å². The van der Waals surface area contributed by atoms with E-state index in [0.717, 1.165) is 0 Å². The Morgan fingerprint density at radius 2 is 2.00 bits per heavy atom. The van der Waals surface area contributed by atoms with Gasteiger partial charge in [-0.2, -0.15) is 0 Å². The Bertz CT molecular complexity index is 411. The molecule has 0 fully saturated rings. The number of carbonyl (C=O) groups excluding carboxylic acids is 2. The van der Waals surface area contributed by atoms with Crippen LogP contribution in [0.25, 0.3) is 0 Å². The lowest BCUT2D eigenvalue weighted by molar-refractivity contribution is -0.139. The van der Waals surface area contributed by atoms with Crippen LogP contribution in [0.1, 0.15) is 16.8 Å². The second kappa shape index (κ2) is 5.16. The quantitative estimate of drug-likeness (QED) is 0.471. The molecule has 0 saturated carbocycles. The fourth-order valence-corrected chi connectivity index (χ4v) is 1.17. The molecule has 1 aromatic rings. The summed E-state index contributed by atoms with van der Waals surface area (Å²) >= 11 is 0. The molecule has 5 heteroatoms. The lowest BCUT2D eigenvalue weighted by Gasteiger charge is -2.05. The number of benzene rings is 1. The molecule has 0 amide bonds. The highest BCUT2D eigenvalue weighted by molar-refractivity contribution is 6.06. The molecule has 0 unspecified atom stereocenters. The van der Waals surface area contributed by atoms with Gasteiger partial charge >= 0.3 is 5.97 Å². The summed E-state index contributed by atoms with van der Waals surface area (Å²) in [6.45, 7) is 0. The average molecular weight is 224 g/mol. The Hall–Kier alpha value is -2.04. The molecule has 5 nitrogen and oxygen atoms in total. The number of phenols is 1. The number of methoxy groups -OCH3 is 2. The summed E-state index contributed by atoms with van der Waals surface area (Å²) in [5.74, 6) is -0.891. The molecule has 0 aromatic heterocycles. The van der Waals surface area contributed by atoms with E-state index >= 15 is 0 Å². The molecular weight excluding hydrogens is 212 g/mol. The normalized spacial score (nSPS) is 9.62. The van der Waals surface area contributed by atoms with Crippen LogP contribution in [0.2, 0.25) is 0 Å². The molecule has 0 aliphatic carbocycles. The van der Waals surface area contributed by atoms with Gasteiger partial charge in [-0.1, -0.05) is 0 Å². The lowest BCUT2D eigenvalue weighted by atomic mass is 10.1. The van der Waals surface area contributed by atoms with Crippen molar-refractivity contribution in [1.82, 2.24) is 0 Å². The summed E-state index contributed by atoms with van der Waals surface area (Å²) in [6.07, 6.45) is -0.345. The van der Waals surface area contributed by atoms with Crippen molar-refractivity contribution in [2.75, 3.05) is 14.2 Å². The van der Waals surface area contributed by atoms with Crippen molar-refractivity contribution >= 4 is 11.8 Å². The highest BCUT2D eigenvalue weighted by Crippen LogP contribution is 2.26. The third-order valence-electron chi connectivity index (χ3n) is 2.03.